The zero-order chi connectivity index (χ0) is 26.9. The van der Waals surface area contributed by atoms with Crippen LogP contribution >= 0.6 is 0 Å². The molecule has 1 saturated carbocycles. The molecule has 1 aliphatic carbocycles. The normalized spacial score (nSPS) is 22.0. The standard InChI is InChI=1S/C27H37N3O7/c1-17(24(32)33)30(26(35)37-27(2,3)4)25(34)29-16-20-14-21(29)15-28(20)12-5-13-36-22-10-8-19(9-11-22)23(31)18-6-7-18/h8-11,17-18,20-21H,5-7,12-16H2,1-4H3,(H,32,33)/t17-,20+,21+/m1/s1. The Balaban J connectivity index is 1.25. The lowest BCUT2D eigenvalue weighted by molar-refractivity contribution is -0.141. The summed E-state index contributed by atoms with van der Waals surface area (Å²) in [6.45, 7) is 8.77. The topological polar surface area (TPSA) is 117 Å². The first-order valence-corrected chi connectivity index (χ1v) is 13.0. The van der Waals surface area contributed by atoms with Crippen LogP contribution in [-0.2, 0) is 9.53 Å². The van der Waals surface area contributed by atoms with Gasteiger partial charge in [0.25, 0.3) is 0 Å². The molecule has 2 aliphatic heterocycles. The third kappa shape index (κ3) is 6.41. The lowest BCUT2D eigenvalue weighted by Gasteiger charge is -2.37. The minimum absolute atomic E-state index is 0.0825. The first-order chi connectivity index (χ1) is 17.4. The Morgan fingerprint density at radius 1 is 1.08 bits per heavy atom. The van der Waals surface area contributed by atoms with Crippen molar-refractivity contribution in [3.8, 4) is 5.75 Å². The average molecular weight is 516 g/mol. The molecule has 10 nitrogen and oxygen atoms in total. The summed E-state index contributed by atoms with van der Waals surface area (Å²) in [7, 11) is 0. The second-order valence-corrected chi connectivity index (χ2v) is 11.2. The molecule has 0 spiro atoms. The number of carboxylic acids is 1. The molecule has 10 heteroatoms. The quantitative estimate of drug-likeness (QED) is 0.391. The van der Waals surface area contributed by atoms with E-state index in [9.17, 15) is 24.3 Å². The van der Waals surface area contributed by atoms with Crippen molar-refractivity contribution < 1.29 is 33.8 Å². The highest BCUT2D eigenvalue weighted by atomic mass is 16.6. The SMILES string of the molecule is C[C@H](C(=O)O)N(C(=O)OC(C)(C)C)C(=O)N1C[C@@H]2C[C@H]1CN2CCCOc1ccc(C(=O)C2CC2)cc1. The number of rotatable bonds is 9. The predicted octanol–water partition coefficient (Wildman–Crippen LogP) is 3.64. The smallest absolute Gasteiger partial charge is 0.419 e. The molecule has 37 heavy (non-hydrogen) atoms. The van der Waals surface area contributed by atoms with Crippen molar-refractivity contribution in [2.45, 2.75) is 77.1 Å². The number of carbonyl (C=O) groups excluding carboxylic acids is 3. The molecule has 2 bridgehead atoms. The number of fused-ring (bicyclic) bond motifs is 2. The van der Waals surface area contributed by atoms with Crippen LogP contribution in [0.1, 0.15) is 63.7 Å². The van der Waals surface area contributed by atoms with E-state index < -0.39 is 29.7 Å². The summed E-state index contributed by atoms with van der Waals surface area (Å²) in [5, 5.41) is 9.48. The van der Waals surface area contributed by atoms with Crippen molar-refractivity contribution in [1.29, 1.82) is 0 Å². The molecule has 1 aromatic carbocycles. The van der Waals surface area contributed by atoms with Crippen LogP contribution in [0.5, 0.6) is 5.75 Å². The van der Waals surface area contributed by atoms with Crippen LogP contribution in [0.4, 0.5) is 9.59 Å². The molecule has 4 rings (SSSR count). The summed E-state index contributed by atoms with van der Waals surface area (Å²) >= 11 is 0. The minimum atomic E-state index is -1.34. The highest BCUT2D eigenvalue weighted by Crippen LogP contribution is 2.33. The summed E-state index contributed by atoms with van der Waals surface area (Å²) < 4.78 is 11.2. The number of benzene rings is 1. The van der Waals surface area contributed by atoms with Crippen LogP contribution in [0.25, 0.3) is 0 Å². The number of amides is 3. The third-order valence-corrected chi connectivity index (χ3v) is 7.09. The number of ether oxygens (including phenoxy) is 2. The number of hydrogen-bond donors (Lipinski definition) is 1. The van der Waals surface area contributed by atoms with Gasteiger partial charge in [0, 0.05) is 43.2 Å². The minimum Gasteiger partial charge on any atom is -0.494 e. The van der Waals surface area contributed by atoms with Crippen molar-refractivity contribution >= 4 is 23.9 Å². The Kier molecular flexibility index (Phi) is 7.77. The van der Waals surface area contributed by atoms with Crippen molar-refractivity contribution in [3.63, 3.8) is 0 Å². The van der Waals surface area contributed by atoms with E-state index in [1.807, 2.05) is 24.3 Å². The number of nitrogens with zero attached hydrogens (tertiary/aromatic N) is 3. The van der Waals surface area contributed by atoms with Gasteiger partial charge in [0.15, 0.2) is 5.78 Å². The van der Waals surface area contributed by atoms with Gasteiger partial charge in [-0.15, -0.1) is 0 Å². The highest BCUT2D eigenvalue weighted by Gasteiger charge is 2.48. The molecule has 1 N–H and O–H groups in total. The van der Waals surface area contributed by atoms with Crippen LogP contribution < -0.4 is 4.74 Å². The van der Waals surface area contributed by atoms with Crippen LogP contribution in [0.3, 0.4) is 0 Å². The van der Waals surface area contributed by atoms with Crippen LogP contribution in [0.15, 0.2) is 24.3 Å². The average Bonchev–Trinajstić information content (AvgIpc) is 3.49. The number of urea groups is 1. The molecule has 3 amide bonds. The van der Waals surface area contributed by atoms with Gasteiger partial charge in [-0.05, 0) is 77.6 Å². The lowest BCUT2D eigenvalue weighted by atomic mass is 10.1. The number of ketones is 1. The predicted molar refractivity (Wildman–Crippen MR) is 135 cm³/mol. The van der Waals surface area contributed by atoms with E-state index >= 15 is 0 Å². The van der Waals surface area contributed by atoms with E-state index in [1.54, 1.807) is 25.7 Å². The molecular formula is C27H37N3O7. The fourth-order valence-corrected chi connectivity index (χ4v) is 4.97. The molecule has 202 valence electrons. The van der Waals surface area contributed by atoms with E-state index in [2.05, 4.69) is 4.90 Å². The monoisotopic (exact) mass is 515 g/mol. The van der Waals surface area contributed by atoms with E-state index in [-0.39, 0.29) is 23.8 Å². The van der Waals surface area contributed by atoms with Crippen molar-refractivity contribution in [1.82, 2.24) is 14.7 Å². The highest BCUT2D eigenvalue weighted by molar-refractivity contribution is 5.99. The van der Waals surface area contributed by atoms with Gasteiger partial charge in [-0.2, -0.15) is 0 Å². The van der Waals surface area contributed by atoms with Crippen molar-refractivity contribution in [2.24, 2.45) is 5.92 Å². The Morgan fingerprint density at radius 3 is 2.30 bits per heavy atom. The van der Waals surface area contributed by atoms with E-state index in [0.717, 1.165) is 48.4 Å². The molecule has 0 radical (unpaired) electrons. The van der Waals surface area contributed by atoms with Gasteiger partial charge in [-0.25, -0.2) is 19.3 Å². The van der Waals surface area contributed by atoms with Gasteiger partial charge < -0.3 is 19.5 Å². The number of likely N-dealkylation sites (tertiary alicyclic amines) is 2. The molecule has 0 unspecified atom stereocenters. The number of carboxylic acid groups (broad SMARTS) is 1. The second kappa shape index (κ2) is 10.7. The van der Waals surface area contributed by atoms with Gasteiger partial charge in [-0.3, -0.25) is 9.69 Å². The molecule has 3 aliphatic rings. The number of Topliss-reactive ketones (excluding diaryl/α,β-unsaturated/α-hetero) is 1. The Labute approximate surface area is 217 Å². The summed E-state index contributed by atoms with van der Waals surface area (Å²) in [5.41, 5.74) is -0.114. The number of aliphatic carboxylic acids is 1. The fraction of sp³-hybridized carbons (Fsp3) is 0.630. The van der Waals surface area contributed by atoms with E-state index in [1.165, 1.54) is 6.92 Å². The van der Waals surface area contributed by atoms with Crippen LogP contribution in [-0.4, -0.2) is 93.7 Å². The summed E-state index contributed by atoms with van der Waals surface area (Å²) in [4.78, 5) is 54.3. The molecule has 2 heterocycles. The zero-order valence-corrected chi connectivity index (χ0v) is 22.0. The number of hydrogen-bond acceptors (Lipinski definition) is 7. The second-order valence-electron chi connectivity index (χ2n) is 11.2. The largest absolute Gasteiger partial charge is 0.494 e. The summed E-state index contributed by atoms with van der Waals surface area (Å²) in [6.07, 6.45) is 2.62. The number of carbonyl (C=O) groups is 4. The van der Waals surface area contributed by atoms with Gasteiger partial charge in [-0.1, -0.05) is 0 Å². The number of imide groups is 1. The van der Waals surface area contributed by atoms with E-state index in [0.29, 0.717) is 19.7 Å². The first kappa shape index (κ1) is 26.9. The molecular weight excluding hydrogens is 478 g/mol. The van der Waals surface area contributed by atoms with Crippen molar-refractivity contribution in [2.75, 3.05) is 26.2 Å². The Bertz CT molecular complexity index is 1030. The van der Waals surface area contributed by atoms with Gasteiger partial charge in [0.1, 0.15) is 17.4 Å². The lowest BCUT2D eigenvalue weighted by Crippen LogP contribution is -2.58. The van der Waals surface area contributed by atoms with Crippen LogP contribution in [0.2, 0.25) is 0 Å². The van der Waals surface area contributed by atoms with Crippen LogP contribution in [0, 0.1) is 5.92 Å². The molecule has 3 fully saturated rings. The third-order valence-electron chi connectivity index (χ3n) is 7.09. The van der Waals surface area contributed by atoms with E-state index in [4.69, 9.17) is 9.47 Å². The maximum absolute atomic E-state index is 13.3. The number of piperazine rings is 1. The van der Waals surface area contributed by atoms with Gasteiger partial charge >= 0.3 is 18.1 Å². The van der Waals surface area contributed by atoms with Gasteiger partial charge in [0.2, 0.25) is 0 Å². The molecule has 2 saturated heterocycles. The summed E-state index contributed by atoms with van der Waals surface area (Å²) in [5.74, 6) is -0.110. The summed E-state index contributed by atoms with van der Waals surface area (Å²) in [6, 6.07) is 5.44. The maximum atomic E-state index is 13.3. The zero-order valence-electron chi connectivity index (χ0n) is 22.0. The molecule has 3 atom stereocenters. The fourth-order valence-electron chi connectivity index (χ4n) is 4.97. The van der Waals surface area contributed by atoms with Gasteiger partial charge in [0.05, 0.1) is 6.61 Å². The first-order valence-electron chi connectivity index (χ1n) is 13.0. The maximum Gasteiger partial charge on any atom is 0.419 e. The molecule has 1 aromatic rings. The Hall–Kier alpha value is -3.14. The molecule has 0 aromatic heterocycles. The van der Waals surface area contributed by atoms with Crippen molar-refractivity contribution in [3.05, 3.63) is 29.8 Å². The Morgan fingerprint density at radius 2 is 1.76 bits per heavy atom.